The third-order valence-electron chi connectivity index (χ3n) is 12.2. The summed E-state index contributed by atoms with van der Waals surface area (Å²) in [4.78, 5) is 68.7. The Hall–Kier alpha value is -4.56. The van der Waals surface area contributed by atoms with Gasteiger partial charge in [-0.1, -0.05) is 29.4 Å². The molecule has 1 saturated heterocycles. The van der Waals surface area contributed by atoms with E-state index in [4.69, 9.17) is 29.2 Å². The molecule has 4 heterocycles. The summed E-state index contributed by atoms with van der Waals surface area (Å²) >= 11 is 0. The number of phosphoric acid groups is 1. The summed E-state index contributed by atoms with van der Waals surface area (Å²) in [5.41, 5.74) is 3.28. The van der Waals surface area contributed by atoms with Crippen molar-refractivity contribution in [1.29, 1.82) is 0 Å². The van der Waals surface area contributed by atoms with E-state index in [-0.39, 0.29) is 59.2 Å². The summed E-state index contributed by atoms with van der Waals surface area (Å²) in [6.45, 7) is 15.1. The fraction of sp³-hybridized carbons (Fsp3) is 0.537. The van der Waals surface area contributed by atoms with E-state index in [0.29, 0.717) is 18.4 Å². The molecular weight excluding hydrogens is 755 g/mol. The lowest BCUT2D eigenvalue weighted by Gasteiger charge is -2.62. The fourth-order valence-corrected chi connectivity index (χ4v) is 10.3. The molecule has 57 heavy (non-hydrogen) atoms. The smallest absolute Gasteiger partial charge is 0.482 e. The fourth-order valence-electron chi connectivity index (χ4n) is 9.89. The molecule has 1 aromatic carbocycles. The second kappa shape index (κ2) is 13.8. The number of phosphoric ester groups is 1. The maximum Gasteiger partial charge on any atom is 0.524 e. The molecule has 3 saturated carbocycles. The predicted molar refractivity (Wildman–Crippen MR) is 209 cm³/mol. The number of ketones is 2. The molecule has 4 bridgehead atoms. The number of nitrogens with two attached hydrogens (primary N) is 1. The van der Waals surface area contributed by atoms with E-state index in [1.54, 1.807) is 25.2 Å². The minimum atomic E-state index is -5.32. The maximum absolute atomic E-state index is 15.9. The van der Waals surface area contributed by atoms with E-state index >= 15 is 9.59 Å². The molecule has 6 aliphatic rings. The summed E-state index contributed by atoms with van der Waals surface area (Å²) < 4.78 is 45.9. The summed E-state index contributed by atoms with van der Waals surface area (Å²) in [5, 5.41) is 4.38. The van der Waals surface area contributed by atoms with Crippen LogP contribution in [-0.2, 0) is 30.0 Å². The molecular formula is C41H51N4O11P. The van der Waals surface area contributed by atoms with Gasteiger partial charge in [-0.25, -0.2) is 19.0 Å². The number of aromatic nitrogens is 3. The molecule has 15 nitrogen and oxygen atoms in total. The number of allylic oxidation sites excluding steroid dienone is 4. The third-order valence-corrected chi connectivity index (χ3v) is 12.7. The van der Waals surface area contributed by atoms with Gasteiger partial charge in [0, 0.05) is 29.4 Å². The number of nitrogen functional groups attached to an aromatic ring is 1. The van der Waals surface area contributed by atoms with Gasteiger partial charge in [-0.2, -0.15) is 0 Å². The highest BCUT2D eigenvalue weighted by molar-refractivity contribution is 7.46. The standard InChI is InChI=1S/C41H51N4O11P/c1-21(2)11-10-16-39(8)17-15-25-32(53-39)24(13-12-22(3)4)33-28(34(25)55-57(49,50)51)31(46)29-30(45-20-43-37(42)44-45)26-19-27-38(6,7)56-40(35(26)47,41(27,29)54-33)18-14-23(5)36(48)52-9/h11-12,14-15,17,20,26-27,29-30H,10,13,16,18-19H2,1-9H3,(H2,42,44)(H2,49,50,51). The van der Waals surface area contributed by atoms with Gasteiger partial charge in [0.2, 0.25) is 5.95 Å². The van der Waals surface area contributed by atoms with E-state index in [9.17, 15) is 19.1 Å². The number of hydrogen-bond donors (Lipinski definition) is 3. The average Bonchev–Trinajstić information content (AvgIpc) is 3.60. The Balaban J connectivity index is 1.56. The van der Waals surface area contributed by atoms with E-state index in [2.05, 4.69) is 16.2 Å². The van der Waals surface area contributed by atoms with Gasteiger partial charge >= 0.3 is 13.8 Å². The van der Waals surface area contributed by atoms with Gasteiger partial charge in [0.15, 0.2) is 28.5 Å². The largest absolute Gasteiger partial charge is 0.524 e. The highest BCUT2D eigenvalue weighted by Gasteiger charge is 2.86. The first-order chi connectivity index (χ1) is 26.6. The number of anilines is 1. The van der Waals surface area contributed by atoms with Crippen molar-refractivity contribution in [3.05, 3.63) is 64.0 Å². The van der Waals surface area contributed by atoms with Crippen LogP contribution in [0.3, 0.4) is 0 Å². The number of carbonyl (C=O) groups excluding carboxylic acids is 3. The van der Waals surface area contributed by atoms with Gasteiger partial charge in [0.25, 0.3) is 0 Å². The number of Topliss-reactive ketones (excluding diaryl/α,β-unsaturated/α-hetero) is 2. The van der Waals surface area contributed by atoms with Gasteiger partial charge in [-0.3, -0.25) is 19.4 Å². The van der Waals surface area contributed by atoms with Gasteiger partial charge in [-0.05, 0) is 93.2 Å². The molecule has 1 spiro atoms. The zero-order chi connectivity index (χ0) is 41.6. The Morgan fingerprint density at radius 1 is 1.07 bits per heavy atom. The van der Waals surface area contributed by atoms with Crippen molar-refractivity contribution in [2.24, 2.45) is 17.8 Å². The Morgan fingerprint density at radius 3 is 2.39 bits per heavy atom. The topological polar surface area (TPSA) is 212 Å². The molecule has 7 atom stereocenters. The van der Waals surface area contributed by atoms with Crippen LogP contribution < -0.4 is 19.7 Å². The molecule has 7 unspecified atom stereocenters. The predicted octanol–water partition coefficient (Wildman–Crippen LogP) is 6.20. The number of ether oxygens (including phenoxy) is 4. The number of esters is 1. The number of fused-ring (bicyclic) bond motifs is 2. The van der Waals surface area contributed by atoms with E-state index < -0.39 is 71.5 Å². The Morgan fingerprint density at radius 2 is 1.77 bits per heavy atom. The van der Waals surface area contributed by atoms with Crippen molar-refractivity contribution in [2.45, 2.75) is 116 Å². The number of hydrogen-bond acceptors (Lipinski definition) is 12. The summed E-state index contributed by atoms with van der Waals surface area (Å²) in [6, 6.07) is -0.985. The van der Waals surface area contributed by atoms with Crippen molar-refractivity contribution in [3.8, 4) is 17.2 Å². The molecule has 4 fully saturated rings. The molecule has 3 aliphatic heterocycles. The molecule has 8 rings (SSSR count). The quantitative estimate of drug-likeness (QED) is 0.1000. The second-order valence-corrected chi connectivity index (χ2v) is 18.2. The molecule has 4 N–H and O–H groups in total. The average molecular weight is 807 g/mol. The van der Waals surface area contributed by atoms with Gasteiger partial charge in [-0.15, -0.1) is 5.10 Å². The van der Waals surface area contributed by atoms with Crippen LogP contribution in [0, 0.1) is 17.8 Å². The molecule has 3 aliphatic carbocycles. The van der Waals surface area contributed by atoms with E-state index in [0.717, 1.165) is 11.1 Å². The van der Waals surface area contributed by atoms with Crippen LogP contribution in [-0.4, -0.2) is 71.6 Å². The van der Waals surface area contributed by atoms with Crippen LogP contribution in [0.25, 0.3) is 6.08 Å². The van der Waals surface area contributed by atoms with Crippen LogP contribution in [0.2, 0.25) is 0 Å². The molecule has 0 amide bonds. The number of rotatable bonds is 11. The second-order valence-electron chi connectivity index (χ2n) is 17.1. The van der Waals surface area contributed by atoms with Crippen LogP contribution in [0.5, 0.6) is 17.2 Å². The zero-order valence-electron chi connectivity index (χ0n) is 33.7. The molecule has 306 valence electrons. The number of nitrogens with zero attached hydrogens (tertiary/aromatic N) is 3. The van der Waals surface area contributed by atoms with Crippen molar-refractivity contribution in [2.75, 3.05) is 12.8 Å². The monoisotopic (exact) mass is 806 g/mol. The first kappa shape index (κ1) is 40.6. The number of benzene rings is 1. The third kappa shape index (κ3) is 6.37. The van der Waals surface area contributed by atoms with E-state index in [1.165, 1.54) is 18.1 Å². The minimum Gasteiger partial charge on any atom is -0.482 e. The van der Waals surface area contributed by atoms with Crippen LogP contribution in [0.1, 0.15) is 109 Å². The van der Waals surface area contributed by atoms with Crippen molar-refractivity contribution < 1.29 is 52.2 Å². The van der Waals surface area contributed by atoms with Gasteiger partial charge < -0.3 is 29.2 Å². The highest BCUT2D eigenvalue weighted by atomic mass is 31.2. The summed E-state index contributed by atoms with van der Waals surface area (Å²) in [7, 11) is -4.06. The van der Waals surface area contributed by atoms with Crippen LogP contribution >= 0.6 is 7.82 Å². The molecule has 1 aromatic heterocycles. The summed E-state index contributed by atoms with van der Waals surface area (Å²) in [5.74, 6) is -4.47. The molecule has 16 heteroatoms. The first-order valence-corrected chi connectivity index (χ1v) is 20.6. The molecule has 2 aromatic rings. The number of methoxy groups -OCH3 is 1. The van der Waals surface area contributed by atoms with Gasteiger partial charge in [0.1, 0.15) is 29.0 Å². The van der Waals surface area contributed by atoms with Crippen molar-refractivity contribution >= 4 is 37.4 Å². The van der Waals surface area contributed by atoms with Crippen molar-refractivity contribution in [1.82, 2.24) is 14.8 Å². The minimum absolute atomic E-state index is 0.0211. The van der Waals surface area contributed by atoms with Crippen LogP contribution in [0.15, 0.2) is 47.4 Å². The Kier molecular flexibility index (Phi) is 9.83. The Labute approximate surface area is 331 Å². The lowest BCUT2D eigenvalue weighted by Crippen LogP contribution is -2.78. The van der Waals surface area contributed by atoms with Gasteiger partial charge in [0.05, 0.1) is 30.2 Å². The van der Waals surface area contributed by atoms with Crippen LogP contribution in [0.4, 0.5) is 5.95 Å². The highest BCUT2D eigenvalue weighted by Crippen LogP contribution is 2.73. The van der Waals surface area contributed by atoms with Crippen molar-refractivity contribution in [3.63, 3.8) is 0 Å². The lowest BCUT2D eigenvalue weighted by atomic mass is 9.45. The maximum atomic E-state index is 15.9. The zero-order valence-corrected chi connectivity index (χ0v) is 34.6. The normalized spacial score (nSPS) is 30.4. The lowest BCUT2D eigenvalue weighted by molar-refractivity contribution is -0.209. The number of carbonyl (C=O) groups is 3. The van der Waals surface area contributed by atoms with E-state index in [1.807, 2.05) is 54.5 Å². The first-order valence-electron chi connectivity index (χ1n) is 19.1. The molecule has 0 radical (unpaired) electrons. The SMILES string of the molecule is COC(=O)C(C)=CCC12OC(C)(C)C3CC(C1=O)C(n1cnc(N)n1)C1C(=O)c4c(OP(=O)(O)O)c5c(c(CC=C(C)C)c4OC132)OC(C)(CCC=C(C)C)C=C5. The summed E-state index contributed by atoms with van der Waals surface area (Å²) in [6.07, 6.45) is 12.0. The Bertz CT molecular complexity index is 2240.